The number of thioether (sulfide) groups is 1. The molecule has 1 saturated heterocycles. The second-order valence-corrected chi connectivity index (χ2v) is 10.1. The molecule has 2 aromatic heterocycles. The van der Waals surface area contributed by atoms with Crippen molar-refractivity contribution in [3.8, 4) is 0 Å². The van der Waals surface area contributed by atoms with Gasteiger partial charge in [0, 0.05) is 23.4 Å². The lowest BCUT2D eigenvalue weighted by Gasteiger charge is -2.42. The second kappa shape index (κ2) is 6.20. The van der Waals surface area contributed by atoms with E-state index in [2.05, 4.69) is 20.7 Å². The summed E-state index contributed by atoms with van der Waals surface area (Å²) < 4.78 is 15.4. The summed E-state index contributed by atoms with van der Waals surface area (Å²) in [5.41, 5.74) is 5.57. The molecule has 10 heteroatoms. The van der Waals surface area contributed by atoms with Crippen molar-refractivity contribution in [2.75, 3.05) is 17.8 Å². The van der Waals surface area contributed by atoms with Crippen molar-refractivity contribution in [2.45, 2.75) is 23.8 Å². The van der Waals surface area contributed by atoms with Crippen molar-refractivity contribution in [3.63, 3.8) is 0 Å². The number of piperidine rings is 1. The largest absolute Gasteiger partial charge is 0.395 e. The topological polar surface area (TPSA) is 92.1 Å². The predicted molar refractivity (Wildman–Crippen MR) is 98.9 cm³/mol. The molecule has 0 bridgehead atoms. The van der Waals surface area contributed by atoms with Crippen LogP contribution in [0.1, 0.15) is 29.1 Å². The van der Waals surface area contributed by atoms with Crippen LogP contribution in [0.4, 0.5) is 0 Å². The number of aliphatic hydroxyl groups is 1. The first kappa shape index (κ1) is 16.0. The summed E-state index contributed by atoms with van der Waals surface area (Å²) in [6, 6.07) is 0.187. The average molecular weight is 396 g/mol. The van der Waals surface area contributed by atoms with E-state index < -0.39 is 10.8 Å². The molecule has 25 heavy (non-hydrogen) atoms. The molecule has 0 saturated carbocycles. The number of nitrogens with zero attached hydrogens (tertiary/aromatic N) is 3. The highest BCUT2D eigenvalue weighted by Crippen LogP contribution is 2.55. The van der Waals surface area contributed by atoms with Gasteiger partial charge in [0.1, 0.15) is 11.3 Å². The van der Waals surface area contributed by atoms with E-state index in [9.17, 15) is 9.32 Å². The molecule has 0 aromatic carbocycles. The Morgan fingerprint density at radius 2 is 2.40 bits per heavy atom. The van der Waals surface area contributed by atoms with Crippen molar-refractivity contribution in [1.29, 1.82) is 0 Å². The van der Waals surface area contributed by atoms with Crippen LogP contribution in [0.2, 0.25) is 0 Å². The lowest BCUT2D eigenvalue weighted by molar-refractivity contribution is 0.266. The van der Waals surface area contributed by atoms with E-state index in [1.165, 1.54) is 0 Å². The molecule has 0 amide bonds. The quantitative estimate of drug-likeness (QED) is 0.719. The van der Waals surface area contributed by atoms with Crippen molar-refractivity contribution < 1.29 is 9.32 Å². The van der Waals surface area contributed by atoms with Gasteiger partial charge in [-0.15, -0.1) is 11.3 Å². The van der Waals surface area contributed by atoms with Gasteiger partial charge in [0.25, 0.3) is 0 Å². The summed E-state index contributed by atoms with van der Waals surface area (Å²) in [6.45, 7) is -0.0752. The zero-order chi connectivity index (χ0) is 17.0. The first-order valence-corrected chi connectivity index (χ1v) is 11.2. The highest BCUT2D eigenvalue weighted by molar-refractivity contribution is 8.17. The summed E-state index contributed by atoms with van der Waals surface area (Å²) in [6.07, 6.45) is 6.46. The molecule has 3 aliphatic rings. The normalized spacial score (nSPS) is 31.4. The van der Waals surface area contributed by atoms with E-state index in [0.29, 0.717) is 5.92 Å². The van der Waals surface area contributed by atoms with Gasteiger partial charge in [0.15, 0.2) is 0 Å². The van der Waals surface area contributed by atoms with E-state index in [0.717, 1.165) is 27.1 Å². The fourth-order valence-electron chi connectivity index (χ4n) is 3.91. The van der Waals surface area contributed by atoms with Gasteiger partial charge in [0.05, 0.1) is 56.4 Å². The molecule has 132 valence electrons. The summed E-state index contributed by atoms with van der Waals surface area (Å²) >= 11 is 3.30. The zero-order valence-electron chi connectivity index (χ0n) is 13.2. The number of aliphatic hydroxyl groups excluding tert-OH is 1. The smallest absolute Gasteiger partial charge is 0.115 e. The number of rotatable bonds is 4. The third kappa shape index (κ3) is 2.50. The number of aromatic nitrogens is 3. The first-order chi connectivity index (χ1) is 12.3. The van der Waals surface area contributed by atoms with Crippen molar-refractivity contribution in [3.05, 3.63) is 44.7 Å². The van der Waals surface area contributed by atoms with Crippen molar-refractivity contribution >= 4 is 33.9 Å². The van der Waals surface area contributed by atoms with E-state index in [1.807, 2.05) is 22.4 Å². The minimum Gasteiger partial charge on any atom is -0.395 e. The second-order valence-electron chi connectivity index (χ2n) is 6.27. The van der Waals surface area contributed by atoms with Gasteiger partial charge in [-0.1, -0.05) is 11.8 Å². The van der Waals surface area contributed by atoms with Gasteiger partial charge in [-0.05, 0) is 6.42 Å². The van der Waals surface area contributed by atoms with Crippen LogP contribution in [0.5, 0.6) is 0 Å². The summed E-state index contributed by atoms with van der Waals surface area (Å²) in [5, 5.41) is 16.1. The molecule has 3 N–H and O–H groups in total. The third-order valence-electron chi connectivity index (χ3n) is 4.92. The van der Waals surface area contributed by atoms with Crippen LogP contribution >= 0.6 is 23.1 Å². The minimum absolute atomic E-state index is 0.0752. The SMILES string of the molecule is O=S(CCO)C1=C2Nn3cncc3C3CC(c4nccs4)NC(S1)C23. The predicted octanol–water partition coefficient (Wildman–Crippen LogP) is 1.31. The molecule has 0 radical (unpaired) electrons. The van der Waals surface area contributed by atoms with Crippen molar-refractivity contribution in [1.82, 2.24) is 20.0 Å². The summed E-state index contributed by atoms with van der Waals surface area (Å²) in [5.74, 6) is 0.808. The fraction of sp³-hybridized carbons (Fsp3) is 0.467. The molecule has 0 aliphatic carbocycles. The molecule has 5 atom stereocenters. The standard InChI is InChI=1S/C15H17N5O2S3/c21-2-4-25(22)15-12-11-8(10-6-16-7-20(10)19-12)5-9(18-14(11)24-15)13-17-1-3-23-13/h1,3,6-9,11,14,18-19,21H,2,4-5H2. The average Bonchev–Trinajstić information content (AvgIpc) is 3.35. The highest BCUT2D eigenvalue weighted by atomic mass is 32.2. The van der Waals surface area contributed by atoms with Gasteiger partial charge < -0.3 is 5.11 Å². The molecule has 5 heterocycles. The maximum Gasteiger partial charge on any atom is 0.115 e. The van der Waals surface area contributed by atoms with Crippen molar-refractivity contribution in [2.24, 2.45) is 5.92 Å². The Morgan fingerprint density at radius 3 is 3.20 bits per heavy atom. The van der Waals surface area contributed by atoms with Crippen LogP contribution in [-0.4, -0.2) is 41.7 Å². The van der Waals surface area contributed by atoms with Crippen LogP contribution in [0.25, 0.3) is 0 Å². The maximum absolute atomic E-state index is 12.6. The Bertz CT molecular complexity index is 849. The summed E-state index contributed by atoms with van der Waals surface area (Å²) in [7, 11) is -1.19. The lowest BCUT2D eigenvalue weighted by atomic mass is 9.78. The molecule has 5 unspecified atom stereocenters. The molecule has 2 aromatic rings. The molecule has 5 rings (SSSR count). The van der Waals surface area contributed by atoms with Crippen LogP contribution in [0, 0.1) is 5.92 Å². The number of thiazole rings is 1. The molecular weight excluding hydrogens is 378 g/mol. The van der Waals surface area contributed by atoms with E-state index in [1.54, 1.807) is 29.4 Å². The van der Waals surface area contributed by atoms with Gasteiger partial charge in [-0.3, -0.25) is 15.0 Å². The number of hydrogen-bond donors (Lipinski definition) is 3. The number of imidazole rings is 1. The van der Waals surface area contributed by atoms with E-state index >= 15 is 0 Å². The fourth-order valence-corrected chi connectivity index (χ4v) is 7.64. The Kier molecular flexibility index (Phi) is 3.97. The Morgan fingerprint density at radius 1 is 1.48 bits per heavy atom. The lowest BCUT2D eigenvalue weighted by Crippen LogP contribution is -2.48. The highest BCUT2D eigenvalue weighted by Gasteiger charge is 2.51. The van der Waals surface area contributed by atoms with Gasteiger partial charge in [0.2, 0.25) is 0 Å². The Balaban J connectivity index is 1.56. The molecule has 0 spiro atoms. The zero-order valence-corrected chi connectivity index (χ0v) is 15.6. The molecule has 3 aliphatic heterocycles. The molecular formula is C15H17N5O2S3. The Labute approximate surface area is 155 Å². The summed E-state index contributed by atoms with van der Waals surface area (Å²) in [4.78, 5) is 8.78. The van der Waals surface area contributed by atoms with Gasteiger partial charge in [-0.25, -0.2) is 14.6 Å². The first-order valence-electron chi connectivity index (χ1n) is 8.11. The molecule has 1 fully saturated rings. The number of fused-ring (bicyclic) bond motifs is 2. The van der Waals surface area contributed by atoms with Crippen LogP contribution in [0.3, 0.4) is 0 Å². The third-order valence-corrected chi connectivity index (χ3v) is 8.96. The van der Waals surface area contributed by atoms with Crippen LogP contribution in [-0.2, 0) is 10.8 Å². The van der Waals surface area contributed by atoms with Gasteiger partial charge >= 0.3 is 0 Å². The monoisotopic (exact) mass is 395 g/mol. The number of nitrogens with one attached hydrogen (secondary N) is 2. The number of hydrogen-bond acceptors (Lipinski definition) is 8. The van der Waals surface area contributed by atoms with Crippen LogP contribution < -0.4 is 10.7 Å². The Hall–Kier alpha value is -1.20. The maximum atomic E-state index is 12.6. The van der Waals surface area contributed by atoms with Crippen LogP contribution in [0.15, 0.2) is 34.0 Å². The minimum atomic E-state index is -1.19. The van der Waals surface area contributed by atoms with E-state index in [-0.39, 0.29) is 29.7 Å². The van der Waals surface area contributed by atoms with Gasteiger partial charge in [-0.2, -0.15) is 0 Å². The molecule has 7 nitrogen and oxygen atoms in total. The van der Waals surface area contributed by atoms with E-state index in [4.69, 9.17) is 0 Å².